The topological polar surface area (TPSA) is 95.5 Å². The number of carboxylic acid groups (broad SMARTS) is 1. The van der Waals surface area contributed by atoms with E-state index in [0.717, 1.165) is 0 Å². The van der Waals surface area contributed by atoms with Gasteiger partial charge in [-0.05, 0) is 18.2 Å². The monoisotopic (exact) mass is 348 g/mol. The van der Waals surface area contributed by atoms with Crippen molar-refractivity contribution in [1.29, 1.82) is 0 Å². The second-order valence-corrected chi connectivity index (χ2v) is 6.16. The average molecular weight is 349 g/mol. The molecule has 104 valence electrons. The molecule has 0 bridgehead atoms. The summed E-state index contributed by atoms with van der Waals surface area (Å²) in [6.07, 6.45) is 1.55. The fourth-order valence-electron chi connectivity index (χ4n) is 1.27. The molecule has 6 nitrogen and oxygen atoms in total. The Morgan fingerprint density at radius 1 is 1.37 bits per heavy atom. The summed E-state index contributed by atoms with van der Waals surface area (Å²) < 4.78 is 11.4. The van der Waals surface area contributed by atoms with Gasteiger partial charge in [0, 0.05) is 39.5 Å². The molecule has 0 spiro atoms. The van der Waals surface area contributed by atoms with E-state index in [4.69, 9.17) is 5.11 Å². The summed E-state index contributed by atoms with van der Waals surface area (Å²) in [5.41, 5.74) is 0.432. The van der Waals surface area contributed by atoms with Gasteiger partial charge in [-0.1, -0.05) is 15.9 Å². The van der Waals surface area contributed by atoms with E-state index in [1.807, 2.05) is 0 Å². The number of rotatable bonds is 5. The third kappa shape index (κ3) is 5.84. The van der Waals surface area contributed by atoms with Gasteiger partial charge in [0.25, 0.3) is 0 Å². The van der Waals surface area contributed by atoms with Gasteiger partial charge in [0.05, 0.1) is 5.56 Å². The molecule has 2 amide bonds. The summed E-state index contributed by atoms with van der Waals surface area (Å²) in [6.45, 7) is 0.286. The third-order valence-electron chi connectivity index (χ3n) is 2.08. The molecular formula is C11H13BrN2O4S. The molecule has 0 heterocycles. The van der Waals surface area contributed by atoms with Crippen molar-refractivity contribution in [3.63, 3.8) is 0 Å². The van der Waals surface area contributed by atoms with Crippen molar-refractivity contribution in [3.05, 3.63) is 28.2 Å². The fourth-order valence-corrected chi connectivity index (χ4v) is 2.15. The zero-order chi connectivity index (χ0) is 14.4. The van der Waals surface area contributed by atoms with Gasteiger partial charge in [0.1, 0.15) is 0 Å². The zero-order valence-corrected chi connectivity index (χ0v) is 12.5. The Morgan fingerprint density at radius 3 is 2.63 bits per heavy atom. The number of aromatic carboxylic acids is 1. The molecule has 8 heteroatoms. The molecular weight excluding hydrogens is 336 g/mol. The van der Waals surface area contributed by atoms with Crippen molar-refractivity contribution in [1.82, 2.24) is 5.32 Å². The smallest absolute Gasteiger partial charge is 0.335 e. The molecule has 0 radical (unpaired) electrons. The number of halogens is 1. The second-order valence-electron chi connectivity index (χ2n) is 3.69. The van der Waals surface area contributed by atoms with Crippen LogP contribution in [-0.2, 0) is 10.8 Å². The van der Waals surface area contributed by atoms with E-state index in [9.17, 15) is 13.8 Å². The highest BCUT2D eigenvalue weighted by Gasteiger charge is 2.08. The minimum atomic E-state index is -1.08. The van der Waals surface area contributed by atoms with Crippen LogP contribution in [0.3, 0.4) is 0 Å². The van der Waals surface area contributed by atoms with Gasteiger partial charge in [-0.15, -0.1) is 0 Å². The maximum absolute atomic E-state index is 11.5. The molecule has 1 aromatic rings. The van der Waals surface area contributed by atoms with E-state index < -0.39 is 22.8 Å². The molecule has 0 fully saturated rings. The number of nitrogens with one attached hydrogen (secondary N) is 2. The highest BCUT2D eigenvalue weighted by molar-refractivity contribution is 9.10. The number of hydrogen-bond acceptors (Lipinski definition) is 3. The summed E-state index contributed by atoms with van der Waals surface area (Å²) in [4.78, 5) is 22.4. The van der Waals surface area contributed by atoms with Gasteiger partial charge in [-0.3, -0.25) is 4.21 Å². The first-order valence-electron chi connectivity index (χ1n) is 5.27. The Kier molecular flexibility index (Phi) is 5.97. The van der Waals surface area contributed by atoms with Crippen molar-refractivity contribution in [2.45, 2.75) is 0 Å². The van der Waals surface area contributed by atoms with Crippen molar-refractivity contribution >= 4 is 44.4 Å². The van der Waals surface area contributed by atoms with Crippen LogP contribution in [0.15, 0.2) is 22.7 Å². The van der Waals surface area contributed by atoms with Crippen molar-refractivity contribution in [2.24, 2.45) is 0 Å². The van der Waals surface area contributed by atoms with Crippen LogP contribution in [-0.4, -0.2) is 39.9 Å². The summed E-state index contributed by atoms with van der Waals surface area (Å²) in [5.74, 6) is -0.710. The van der Waals surface area contributed by atoms with E-state index >= 15 is 0 Å². The van der Waals surface area contributed by atoms with E-state index in [2.05, 4.69) is 26.6 Å². The average Bonchev–Trinajstić information content (AvgIpc) is 2.27. The molecule has 0 aliphatic heterocycles. The van der Waals surface area contributed by atoms with Crippen LogP contribution in [0, 0.1) is 0 Å². The zero-order valence-electron chi connectivity index (χ0n) is 10.1. The first kappa shape index (κ1) is 15.6. The summed E-state index contributed by atoms with van der Waals surface area (Å²) in [6, 6.07) is 3.90. The molecule has 1 rings (SSSR count). The van der Waals surface area contributed by atoms with Gasteiger partial charge in [-0.25, -0.2) is 9.59 Å². The van der Waals surface area contributed by atoms with Gasteiger partial charge in [0.2, 0.25) is 0 Å². The van der Waals surface area contributed by atoms with Crippen LogP contribution in [0.4, 0.5) is 10.5 Å². The Hall–Kier alpha value is -1.41. The summed E-state index contributed by atoms with van der Waals surface area (Å²) in [5, 5.41) is 13.9. The van der Waals surface area contributed by atoms with Crippen LogP contribution < -0.4 is 10.6 Å². The lowest BCUT2D eigenvalue weighted by Gasteiger charge is -2.08. The SMILES string of the molecule is CS(=O)CCNC(=O)Nc1cc(Br)cc(C(=O)O)c1. The third-order valence-corrected chi connectivity index (χ3v) is 3.31. The Balaban J connectivity index is 2.63. The molecule has 3 N–H and O–H groups in total. The number of urea groups is 1. The second kappa shape index (κ2) is 7.25. The molecule has 19 heavy (non-hydrogen) atoms. The standard InChI is InChI=1S/C11H13BrN2O4S/c1-19(18)3-2-13-11(17)14-9-5-7(10(15)16)4-8(12)6-9/h4-6H,2-3H2,1H3,(H,15,16)(H2,13,14,17). The summed E-state index contributed by atoms with van der Waals surface area (Å²) in [7, 11) is -0.970. The molecule has 0 saturated heterocycles. The molecule has 1 atom stereocenters. The quantitative estimate of drug-likeness (QED) is 0.753. The number of hydrogen-bond donors (Lipinski definition) is 3. The van der Waals surface area contributed by atoms with E-state index in [-0.39, 0.29) is 12.1 Å². The molecule has 1 aromatic carbocycles. The number of benzene rings is 1. The minimum Gasteiger partial charge on any atom is -0.478 e. The molecule has 0 aliphatic carbocycles. The fraction of sp³-hybridized carbons (Fsp3) is 0.273. The maximum Gasteiger partial charge on any atom is 0.335 e. The van der Waals surface area contributed by atoms with E-state index in [1.54, 1.807) is 12.3 Å². The molecule has 0 aliphatic rings. The number of amides is 2. The number of carbonyl (C=O) groups is 2. The van der Waals surface area contributed by atoms with Gasteiger partial charge in [0.15, 0.2) is 0 Å². The maximum atomic E-state index is 11.5. The number of carboxylic acids is 1. The summed E-state index contributed by atoms with van der Waals surface area (Å²) >= 11 is 3.17. The lowest BCUT2D eigenvalue weighted by Crippen LogP contribution is -2.31. The predicted molar refractivity (Wildman–Crippen MR) is 77.1 cm³/mol. The van der Waals surface area contributed by atoms with Crippen LogP contribution in [0.1, 0.15) is 10.4 Å². The van der Waals surface area contributed by atoms with Crippen LogP contribution >= 0.6 is 15.9 Å². The molecule has 0 saturated carbocycles. The van der Waals surface area contributed by atoms with Crippen molar-refractivity contribution in [2.75, 3.05) is 23.9 Å². The number of carbonyl (C=O) groups excluding carboxylic acids is 1. The van der Waals surface area contributed by atoms with Crippen molar-refractivity contribution in [3.8, 4) is 0 Å². The molecule has 1 unspecified atom stereocenters. The van der Waals surface area contributed by atoms with E-state index in [0.29, 0.717) is 15.9 Å². The minimum absolute atomic E-state index is 0.0688. The normalized spacial score (nSPS) is 11.7. The Morgan fingerprint density at radius 2 is 2.05 bits per heavy atom. The lowest BCUT2D eigenvalue weighted by atomic mass is 10.2. The van der Waals surface area contributed by atoms with Crippen LogP contribution in [0.2, 0.25) is 0 Å². The van der Waals surface area contributed by atoms with Crippen molar-refractivity contribution < 1.29 is 18.9 Å². The largest absolute Gasteiger partial charge is 0.478 e. The van der Waals surface area contributed by atoms with E-state index in [1.165, 1.54) is 12.1 Å². The van der Waals surface area contributed by atoms with Crippen LogP contribution in [0.25, 0.3) is 0 Å². The first-order chi connectivity index (χ1) is 8.88. The van der Waals surface area contributed by atoms with Gasteiger partial charge in [-0.2, -0.15) is 0 Å². The molecule has 0 aromatic heterocycles. The van der Waals surface area contributed by atoms with Gasteiger partial charge >= 0.3 is 12.0 Å². The Bertz CT molecular complexity index is 521. The highest BCUT2D eigenvalue weighted by atomic mass is 79.9. The highest BCUT2D eigenvalue weighted by Crippen LogP contribution is 2.19. The Labute approximate surface area is 121 Å². The van der Waals surface area contributed by atoms with Crippen LogP contribution in [0.5, 0.6) is 0 Å². The predicted octanol–water partition coefficient (Wildman–Crippen LogP) is 1.65. The lowest BCUT2D eigenvalue weighted by molar-refractivity contribution is 0.0697. The number of anilines is 1. The first-order valence-corrected chi connectivity index (χ1v) is 7.79. The van der Waals surface area contributed by atoms with Gasteiger partial charge < -0.3 is 15.7 Å².